The van der Waals surface area contributed by atoms with E-state index < -0.39 is 0 Å². The van der Waals surface area contributed by atoms with Crippen LogP contribution in [-0.2, 0) is 4.79 Å². The molecule has 1 aliphatic heterocycles. The molecule has 3 amide bonds. The summed E-state index contributed by atoms with van der Waals surface area (Å²) in [6.07, 6.45) is 7.12. The molecule has 5 heteroatoms. The van der Waals surface area contributed by atoms with Crippen molar-refractivity contribution in [3.05, 3.63) is 11.6 Å². The van der Waals surface area contributed by atoms with Crippen molar-refractivity contribution in [2.24, 2.45) is 0 Å². The molecule has 0 aromatic heterocycles. The van der Waals surface area contributed by atoms with E-state index in [0.29, 0.717) is 25.6 Å². The minimum absolute atomic E-state index is 0.00384. The molecule has 1 aliphatic carbocycles. The predicted octanol–water partition coefficient (Wildman–Crippen LogP) is 1.80. The molecule has 1 saturated carbocycles. The molecule has 0 saturated heterocycles. The average Bonchev–Trinajstić information content (AvgIpc) is 2.91. The minimum Gasteiger partial charge on any atom is -0.350 e. The van der Waals surface area contributed by atoms with E-state index in [-0.39, 0.29) is 18.0 Å². The molecule has 0 atom stereocenters. The van der Waals surface area contributed by atoms with Crippen molar-refractivity contribution < 1.29 is 9.59 Å². The summed E-state index contributed by atoms with van der Waals surface area (Å²) in [5, 5.41) is 5.97. The van der Waals surface area contributed by atoms with E-state index in [1.165, 1.54) is 12.8 Å². The van der Waals surface area contributed by atoms with E-state index in [0.717, 1.165) is 18.4 Å². The van der Waals surface area contributed by atoms with Gasteiger partial charge < -0.3 is 15.5 Å². The smallest absolute Gasteiger partial charge is 0.317 e. The van der Waals surface area contributed by atoms with Gasteiger partial charge in [0.1, 0.15) is 0 Å². The summed E-state index contributed by atoms with van der Waals surface area (Å²) >= 11 is 0. The van der Waals surface area contributed by atoms with Gasteiger partial charge in [0.25, 0.3) is 0 Å². The zero-order valence-corrected chi connectivity index (χ0v) is 12.4. The Kier molecular flexibility index (Phi) is 5.04. The van der Waals surface area contributed by atoms with Crippen molar-refractivity contribution >= 4 is 11.9 Å². The van der Waals surface area contributed by atoms with Gasteiger partial charge in [-0.15, -0.1) is 0 Å². The van der Waals surface area contributed by atoms with Crippen molar-refractivity contribution in [3.63, 3.8) is 0 Å². The highest BCUT2D eigenvalue weighted by atomic mass is 16.2. The molecule has 2 rings (SSSR count). The number of carbonyl (C=O) groups is 2. The third kappa shape index (κ3) is 3.99. The Hall–Kier alpha value is -1.52. The second kappa shape index (κ2) is 6.77. The number of nitrogens with zero attached hydrogens (tertiary/aromatic N) is 1. The molecule has 2 N–H and O–H groups in total. The number of hydrogen-bond donors (Lipinski definition) is 2. The third-order valence-electron chi connectivity index (χ3n) is 3.89. The number of carbonyl (C=O) groups excluding carboxylic acids is 2. The second-order valence-corrected chi connectivity index (χ2v) is 5.98. The zero-order chi connectivity index (χ0) is 14.5. The second-order valence-electron chi connectivity index (χ2n) is 5.98. The molecule has 5 nitrogen and oxygen atoms in total. The van der Waals surface area contributed by atoms with E-state index in [2.05, 4.69) is 10.6 Å². The maximum Gasteiger partial charge on any atom is 0.317 e. The quantitative estimate of drug-likeness (QED) is 0.827. The van der Waals surface area contributed by atoms with Crippen LogP contribution in [0.4, 0.5) is 4.79 Å². The number of nitrogens with one attached hydrogen (secondary N) is 2. The fourth-order valence-corrected chi connectivity index (χ4v) is 2.75. The van der Waals surface area contributed by atoms with Crippen LogP contribution in [0.5, 0.6) is 0 Å². The van der Waals surface area contributed by atoms with Gasteiger partial charge in [0.05, 0.1) is 0 Å². The van der Waals surface area contributed by atoms with Crippen LogP contribution in [0.25, 0.3) is 0 Å². The Balaban J connectivity index is 1.81. The first-order valence-corrected chi connectivity index (χ1v) is 7.61. The first-order valence-electron chi connectivity index (χ1n) is 7.61. The highest BCUT2D eigenvalue weighted by Gasteiger charge is 2.23. The normalized spacial score (nSPS) is 19.9. The lowest BCUT2D eigenvalue weighted by atomic mass is 10.1. The molecular weight excluding hydrogens is 254 g/mol. The van der Waals surface area contributed by atoms with Gasteiger partial charge in [-0.05, 0) is 33.1 Å². The van der Waals surface area contributed by atoms with Crippen molar-refractivity contribution in [2.75, 3.05) is 13.1 Å². The van der Waals surface area contributed by atoms with Gasteiger partial charge >= 0.3 is 6.03 Å². The predicted molar refractivity (Wildman–Crippen MR) is 78.3 cm³/mol. The van der Waals surface area contributed by atoms with Crippen LogP contribution < -0.4 is 10.6 Å². The first kappa shape index (κ1) is 14.9. The molecule has 0 bridgehead atoms. The van der Waals surface area contributed by atoms with E-state index >= 15 is 0 Å². The molecule has 1 heterocycles. The summed E-state index contributed by atoms with van der Waals surface area (Å²) in [4.78, 5) is 25.7. The van der Waals surface area contributed by atoms with Gasteiger partial charge in [0, 0.05) is 30.7 Å². The van der Waals surface area contributed by atoms with Gasteiger partial charge in [-0.25, -0.2) is 4.79 Å². The molecule has 2 aliphatic rings. The summed E-state index contributed by atoms with van der Waals surface area (Å²) < 4.78 is 0. The maximum atomic E-state index is 12.1. The summed E-state index contributed by atoms with van der Waals surface area (Å²) in [5.41, 5.74) is 0.795. The Labute approximate surface area is 120 Å². The van der Waals surface area contributed by atoms with Gasteiger partial charge in [-0.1, -0.05) is 18.9 Å². The Morgan fingerprint density at radius 2 is 2.00 bits per heavy atom. The highest BCUT2D eigenvalue weighted by Crippen LogP contribution is 2.18. The Morgan fingerprint density at radius 1 is 1.30 bits per heavy atom. The van der Waals surface area contributed by atoms with Crippen LogP contribution in [0.2, 0.25) is 0 Å². The first-order chi connectivity index (χ1) is 9.56. The summed E-state index contributed by atoms with van der Waals surface area (Å²) in [5.74, 6) is -0.00384. The number of amides is 3. The van der Waals surface area contributed by atoms with Crippen molar-refractivity contribution in [1.29, 1.82) is 0 Å². The lowest BCUT2D eigenvalue weighted by Crippen LogP contribution is -2.46. The van der Waals surface area contributed by atoms with Crippen LogP contribution in [0.3, 0.4) is 0 Å². The summed E-state index contributed by atoms with van der Waals surface area (Å²) in [6.45, 7) is 5.04. The topological polar surface area (TPSA) is 61.4 Å². The van der Waals surface area contributed by atoms with Crippen LogP contribution >= 0.6 is 0 Å². The van der Waals surface area contributed by atoms with Crippen molar-refractivity contribution in [3.8, 4) is 0 Å². The van der Waals surface area contributed by atoms with E-state index in [1.807, 2.05) is 19.9 Å². The SMILES string of the molecule is CC(C)NC(=O)C1=CCN(C(=O)NC2CCCC2)CC1. The fourth-order valence-electron chi connectivity index (χ4n) is 2.75. The minimum atomic E-state index is -0.00384. The molecule has 0 spiro atoms. The average molecular weight is 279 g/mol. The molecular formula is C15H25N3O2. The zero-order valence-electron chi connectivity index (χ0n) is 12.4. The fraction of sp³-hybridized carbons (Fsp3) is 0.733. The van der Waals surface area contributed by atoms with Gasteiger partial charge in [-0.2, -0.15) is 0 Å². The number of hydrogen-bond acceptors (Lipinski definition) is 2. The number of urea groups is 1. The molecule has 112 valence electrons. The number of rotatable bonds is 3. The third-order valence-corrected chi connectivity index (χ3v) is 3.89. The maximum absolute atomic E-state index is 12.1. The van der Waals surface area contributed by atoms with Crippen LogP contribution in [0.15, 0.2) is 11.6 Å². The van der Waals surface area contributed by atoms with Crippen LogP contribution in [0, 0.1) is 0 Å². The highest BCUT2D eigenvalue weighted by molar-refractivity contribution is 5.94. The monoisotopic (exact) mass is 279 g/mol. The van der Waals surface area contributed by atoms with Gasteiger partial charge in [-0.3, -0.25) is 4.79 Å². The van der Waals surface area contributed by atoms with Crippen molar-refractivity contribution in [1.82, 2.24) is 15.5 Å². The lowest BCUT2D eigenvalue weighted by Gasteiger charge is -2.28. The van der Waals surface area contributed by atoms with E-state index in [4.69, 9.17) is 0 Å². The van der Waals surface area contributed by atoms with E-state index in [9.17, 15) is 9.59 Å². The van der Waals surface area contributed by atoms with Gasteiger partial charge in [0.2, 0.25) is 5.91 Å². The van der Waals surface area contributed by atoms with E-state index in [1.54, 1.807) is 4.90 Å². The molecule has 0 aromatic carbocycles. The summed E-state index contributed by atoms with van der Waals surface area (Å²) in [7, 11) is 0. The lowest BCUT2D eigenvalue weighted by molar-refractivity contribution is -0.118. The van der Waals surface area contributed by atoms with Crippen molar-refractivity contribution in [2.45, 2.75) is 58.0 Å². The summed E-state index contributed by atoms with van der Waals surface area (Å²) in [6, 6.07) is 0.501. The molecule has 0 radical (unpaired) electrons. The molecule has 0 unspecified atom stereocenters. The Bertz CT molecular complexity index is 398. The molecule has 1 fully saturated rings. The Morgan fingerprint density at radius 3 is 2.55 bits per heavy atom. The molecule has 0 aromatic rings. The van der Waals surface area contributed by atoms with Gasteiger partial charge in [0.15, 0.2) is 0 Å². The largest absolute Gasteiger partial charge is 0.350 e. The van der Waals surface area contributed by atoms with Crippen LogP contribution in [0.1, 0.15) is 46.0 Å². The standard InChI is InChI=1S/C15H25N3O2/c1-11(2)16-14(19)12-7-9-18(10-8-12)15(20)17-13-5-3-4-6-13/h7,11,13H,3-6,8-10H2,1-2H3,(H,16,19)(H,17,20). The molecule has 20 heavy (non-hydrogen) atoms. The van der Waals surface area contributed by atoms with Crippen LogP contribution in [-0.4, -0.2) is 42.0 Å².